The zero-order chi connectivity index (χ0) is 14.2. The highest BCUT2D eigenvalue weighted by Crippen LogP contribution is 2.27. The van der Waals surface area contributed by atoms with Gasteiger partial charge in [-0.25, -0.2) is 0 Å². The van der Waals surface area contributed by atoms with Gasteiger partial charge in [0.25, 0.3) is 0 Å². The van der Waals surface area contributed by atoms with E-state index < -0.39 is 0 Å². The number of benzene rings is 2. The Kier molecular flexibility index (Phi) is 4.85. The van der Waals surface area contributed by atoms with Crippen LogP contribution in [0.1, 0.15) is 5.56 Å². The Labute approximate surface area is 118 Å². The average Bonchev–Trinajstić information content (AvgIpc) is 2.52. The van der Waals surface area contributed by atoms with Gasteiger partial charge in [0.2, 0.25) is 0 Å². The number of ether oxygens (including phenoxy) is 2. The summed E-state index contributed by atoms with van der Waals surface area (Å²) in [6.45, 7) is 1.09. The second kappa shape index (κ2) is 7.05. The molecule has 0 aliphatic heterocycles. The van der Waals surface area contributed by atoms with E-state index in [-0.39, 0.29) is 0 Å². The van der Waals surface area contributed by atoms with Gasteiger partial charge in [0.05, 0.1) is 18.4 Å². The fraction of sp³-hybridized carbons (Fsp3) is 0.188. The van der Waals surface area contributed by atoms with Crippen molar-refractivity contribution in [3.8, 4) is 17.6 Å². The van der Waals surface area contributed by atoms with Crippen LogP contribution in [0.2, 0.25) is 0 Å². The summed E-state index contributed by atoms with van der Waals surface area (Å²) in [5, 5.41) is 12.3. The largest absolute Gasteiger partial charge is 0.495 e. The van der Waals surface area contributed by atoms with Crippen molar-refractivity contribution in [3.63, 3.8) is 0 Å². The lowest BCUT2D eigenvalue weighted by Crippen LogP contribution is -2.13. The Balaban J connectivity index is 1.93. The molecule has 0 amide bonds. The number of anilines is 1. The first kappa shape index (κ1) is 13.8. The Morgan fingerprint density at radius 3 is 2.60 bits per heavy atom. The minimum atomic E-state index is 0.507. The third-order valence-electron chi connectivity index (χ3n) is 2.78. The molecule has 102 valence electrons. The second-order valence-corrected chi connectivity index (χ2v) is 4.08. The number of nitrogens with zero attached hydrogens (tertiary/aromatic N) is 1. The predicted octanol–water partition coefficient (Wildman–Crippen LogP) is 3.06. The van der Waals surface area contributed by atoms with E-state index >= 15 is 0 Å². The lowest BCUT2D eigenvalue weighted by atomic mass is 10.2. The number of hydrogen-bond acceptors (Lipinski definition) is 4. The van der Waals surface area contributed by atoms with E-state index in [2.05, 4.69) is 11.4 Å². The van der Waals surface area contributed by atoms with Crippen LogP contribution in [-0.4, -0.2) is 20.3 Å². The van der Waals surface area contributed by atoms with Crippen molar-refractivity contribution in [1.82, 2.24) is 0 Å². The Bertz CT molecular complexity index is 591. The molecule has 0 unspecified atom stereocenters. The van der Waals surface area contributed by atoms with Crippen LogP contribution >= 0.6 is 0 Å². The summed E-state index contributed by atoms with van der Waals surface area (Å²) >= 11 is 0. The van der Waals surface area contributed by atoms with Gasteiger partial charge in [0, 0.05) is 6.54 Å². The van der Waals surface area contributed by atoms with Gasteiger partial charge < -0.3 is 14.8 Å². The summed E-state index contributed by atoms with van der Waals surface area (Å²) < 4.78 is 10.8. The zero-order valence-electron chi connectivity index (χ0n) is 11.3. The summed E-state index contributed by atoms with van der Waals surface area (Å²) in [5.41, 5.74) is 1.26. The lowest BCUT2D eigenvalue weighted by molar-refractivity contribution is 0.332. The molecule has 0 atom stereocenters. The maximum absolute atomic E-state index is 9.10. The van der Waals surface area contributed by atoms with Crippen molar-refractivity contribution in [2.75, 3.05) is 25.6 Å². The SMILES string of the molecule is COc1cccc(C#N)c1NCCOc1ccccc1. The summed E-state index contributed by atoms with van der Waals surface area (Å²) in [5.74, 6) is 1.48. The normalized spacial score (nSPS) is 9.60. The van der Waals surface area contributed by atoms with Crippen molar-refractivity contribution in [1.29, 1.82) is 5.26 Å². The van der Waals surface area contributed by atoms with Crippen molar-refractivity contribution >= 4 is 5.69 Å². The van der Waals surface area contributed by atoms with Crippen molar-refractivity contribution < 1.29 is 9.47 Å². The van der Waals surface area contributed by atoms with E-state index in [0.29, 0.717) is 30.2 Å². The molecule has 0 aliphatic carbocycles. The third-order valence-corrected chi connectivity index (χ3v) is 2.78. The van der Waals surface area contributed by atoms with Gasteiger partial charge in [-0.2, -0.15) is 5.26 Å². The van der Waals surface area contributed by atoms with Crippen LogP contribution in [0.3, 0.4) is 0 Å². The van der Waals surface area contributed by atoms with Crippen LogP contribution in [0, 0.1) is 11.3 Å². The van der Waals surface area contributed by atoms with Crippen LogP contribution < -0.4 is 14.8 Å². The van der Waals surface area contributed by atoms with E-state index in [9.17, 15) is 0 Å². The standard InChI is InChI=1S/C16H16N2O2/c1-19-15-9-5-6-13(12-17)16(15)18-10-11-20-14-7-3-2-4-8-14/h2-9,18H,10-11H2,1H3. The molecule has 0 heterocycles. The fourth-order valence-corrected chi connectivity index (χ4v) is 1.84. The zero-order valence-corrected chi connectivity index (χ0v) is 11.3. The lowest BCUT2D eigenvalue weighted by Gasteiger charge is -2.13. The van der Waals surface area contributed by atoms with E-state index in [1.54, 1.807) is 19.2 Å². The van der Waals surface area contributed by atoms with Gasteiger partial charge in [-0.05, 0) is 24.3 Å². The number of methoxy groups -OCH3 is 1. The van der Waals surface area contributed by atoms with E-state index in [1.165, 1.54) is 0 Å². The molecule has 1 N–H and O–H groups in total. The maximum atomic E-state index is 9.10. The maximum Gasteiger partial charge on any atom is 0.143 e. The topological polar surface area (TPSA) is 54.3 Å². The first-order valence-corrected chi connectivity index (χ1v) is 6.34. The number of nitrogens with one attached hydrogen (secondary N) is 1. The molecule has 0 aromatic heterocycles. The molecule has 4 nitrogen and oxygen atoms in total. The van der Waals surface area contributed by atoms with Gasteiger partial charge in [0.1, 0.15) is 24.2 Å². The van der Waals surface area contributed by atoms with Crippen LogP contribution in [0.15, 0.2) is 48.5 Å². The van der Waals surface area contributed by atoms with Crippen LogP contribution in [0.5, 0.6) is 11.5 Å². The van der Waals surface area contributed by atoms with Crippen LogP contribution in [0.4, 0.5) is 5.69 Å². The Morgan fingerprint density at radius 2 is 1.90 bits per heavy atom. The van der Waals surface area contributed by atoms with Gasteiger partial charge in [-0.3, -0.25) is 0 Å². The van der Waals surface area contributed by atoms with Crippen LogP contribution in [0.25, 0.3) is 0 Å². The number of nitriles is 1. The van der Waals surface area contributed by atoms with E-state index in [4.69, 9.17) is 14.7 Å². The first-order valence-electron chi connectivity index (χ1n) is 6.34. The number of rotatable bonds is 6. The molecule has 0 saturated heterocycles. The highest BCUT2D eigenvalue weighted by molar-refractivity contribution is 5.66. The van der Waals surface area contributed by atoms with Gasteiger partial charge in [-0.1, -0.05) is 24.3 Å². The molecule has 0 bridgehead atoms. The molecule has 0 radical (unpaired) electrons. The minimum absolute atomic E-state index is 0.507. The summed E-state index contributed by atoms with van der Waals surface area (Å²) in [6, 6.07) is 17.1. The summed E-state index contributed by atoms with van der Waals surface area (Å²) in [6.07, 6.45) is 0. The number of para-hydroxylation sites is 2. The first-order chi connectivity index (χ1) is 9.85. The third kappa shape index (κ3) is 3.42. The predicted molar refractivity (Wildman–Crippen MR) is 78.1 cm³/mol. The highest BCUT2D eigenvalue weighted by Gasteiger charge is 2.07. The molecule has 0 fully saturated rings. The highest BCUT2D eigenvalue weighted by atomic mass is 16.5. The smallest absolute Gasteiger partial charge is 0.143 e. The van der Waals surface area contributed by atoms with Gasteiger partial charge >= 0.3 is 0 Å². The summed E-state index contributed by atoms with van der Waals surface area (Å²) in [4.78, 5) is 0. The molecule has 4 heteroatoms. The molecular weight excluding hydrogens is 252 g/mol. The van der Waals surface area contributed by atoms with Gasteiger partial charge in [-0.15, -0.1) is 0 Å². The Morgan fingerprint density at radius 1 is 1.10 bits per heavy atom. The van der Waals surface area contributed by atoms with Gasteiger partial charge in [0.15, 0.2) is 0 Å². The van der Waals surface area contributed by atoms with Crippen LogP contribution in [-0.2, 0) is 0 Å². The monoisotopic (exact) mass is 268 g/mol. The number of hydrogen-bond donors (Lipinski definition) is 1. The van der Waals surface area contributed by atoms with Crippen molar-refractivity contribution in [3.05, 3.63) is 54.1 Å². The minimum Gasteiger partial charge on any atom is -0.495 e. The van der Waals surface area contributed by atoms with E-state index in [1.807, 2.05) is 36.4 Å². The molecule has 20 heavy (non-hydrogen) atoms. The molecule has 2 aromatic rings. The molecule has 0 spiro atoms. The molecular formula is C16H16N2O2. The van der Waals surface area contributed by atoms with Crippen molar-refractivity contribution in [2.24, 2.45) is 0 Å². The Hall–Kier alpha value is -2.67. The van der Waals surface area contributed by atoms with Crippen molar-refractivity contribution in [2.45, 2.75) is 0 Å². The summed E-state index contributed by atoms with van der Waals surface area (Å²) in [7, 11) is 1.59. The molecule has 0 aliphatic rings. The fourth-order valence-electron chi connectivity index (χ4n) is 1.84. The van der Waals surface area contributed by atoms with E-state index in [0.717, 1.165) is 5.75 Å². The quantitative estimate of drug-likeness (QED) is 0.818. The molecule has 2 aromatic carbocycles. The molecule has 0 saturated carbocycles. The molecule has 2 rings (SSSR count). The second-order valence-electron chi connectivity index (χ2n) is 4.08. The average molecular weight is 268 g/mol.